The number of terminal acetylenes is 1. The van der Waals surface area contributed by atoms with E-state index in [2.05, 4.69) is 11.2 Å². The Morgan fingerprint density at radius 2 is 2.12 bits per heavy atom. The van der Waals surface area contributed by atoms with E-state index in [0.717, 1.165) is 11.3 Å². The Labute approximate surface area is 103 Å². The highest BCUT2D eigenvalue weighted by Crippen LogP contribution is 2.09. The van der Waals surface area contributed by atoms with Gasteiger partial charge in [-0.2, -0.15) is 0 Å². The number of hydrogen-bond acceptors (Lipinski definition) is 3. The van der Waals surface area contributed by atoms with Gasteiger partial charge in [0.2, 0.25) is 0 Å². The number of rotatable bonds is 5. The van der Waals surface area contributed by atoms with Gasteiger partial charge < -0.3 is 5.32 Å². The first-order valence-electron chi connectivity index (χ1n) is 5.48. The van der Waals surface area contributed by atoms with Crippen LogP contribution in [0, 0.1) is 12.3 Å². The van der Waals surface area contributed by atoms with Gasteiger partial charge in [-0.1, -0.05) is 12.0 Å². The lowest BCUT2D eigenvalue weighted by molar-refractivity contribution is 0.588. The van der Waals surface area contributed by atoms with Crippen molar-refractivity contribution in [2.24, 2.45) is 0 Å². The third kappa shape index (κ3) is 4.12. The minimum absolute atomic E-state index is 0.130. The lowest BCUT2D eigenvalue weighted by Crippen LogP contribution is -2.22. The summed E-state index contributed by atoms with van der Waals surface area (Å²) in [7, 11) is -2.99. The average molecular weight is 251 g/mol. The number of hydrogen-bond donors (Lipinski definition) is 1. The monoisotopic (exact) mass is 251 g/mol. The van der Waals surface area contributed by atoms with E-state index in [4.69, 9.17) is 6.42 Å². The molecule has 0 aliphatic carbocycles. The van der Waals surface area contributed by atoms with Crippen molar-refractivity contribution < 1.29 is 8.42 Å². The van der Waals surface area contributed by atoms with Gasteiger partial charge in [-0.15, -0.1) is 6.42 Å². The lowest BCUT2D eigenvalue weighted by Gasteiger charge is -2.09. The van der Waals surface area contributed by atoms with E-state index in [-0.39, 0.29) is 11.0 Å². The maximum Gasteiger partial charge on any atom is 0.154 e. The van der Waals surface area contributed by atoms with Crippen LogP contribution in [0.5, 0.6) is 0 Å². The summed E-state index contributed by atoms with van der Waals surface area (Å²) in [6.45, 7) is 3.77. The summed E-state index contributed by atoms with van der Waals surface area (Å²) in [6.07, 6.45) is 5.28. The summed E-state index contributed by atoms with van der Waals surface area (Å²) in [5, 5.41) is 2.72. The van der Waals surface area contributed by atoms with Crippen LogP contribution in [-0.4, -0.2) is 26.0 Å². The van der Waals surface area contributed by atoms with Gasteiger partial charge in [-0.05, 0) is 32.0 Å². The van der Waals surface area contributed by atoms with Crippen LogP contribution in [0.2, 0.25) is 0 Å². The molecule has 0 aliphatic heterocycles. The minimum Gasteiger partial charge on any atom is -0.384 e. The van der Waals surface area contributed by atoms with Crippen LogP contribution in [0.15, 0.2) is 24.3 Å². The van der Waals surface area contributed by atoms with Crippen molar-refractivity contribution in [1.82, 2.24) is 0 Å². The van der Waals surface area contributed by atoms with Crippen LogP contribution in [0.25, 0.3) is 0 Å². The Morgan fingerprint density at radius 1 is 1.41 bits per heavy atom. The normalized spacial score (nSPS) is 11.2. The second kappa shape index (κ2) is 5.74. The number of sulfone groups is 1. The first-order valence-corrected chi connectivity index (χ1v) is 7.19. The minimum atomic E-state index is -2.99. The predicted octanol–water partition coefficient (Wildman–Crippen LogP) is 1.90. The van der Waals surface area contributed by atoms with Crippen molar-refractivity contribution in [2.75, 3.05) is 17.6 Å². The van der Waals surface area contributed by atoms with Crippen molar-refractivity contribution in [3.63, 3.8) is 0 Å². The SMILES string of the molecule is C#Cc1cccc(NCCS(=O)(=O)C(C)C)c1. The first-order chi connectivity index (χ1) is 7.95. The van der Waals surface area contributed by atoms with E-state index in [1.165, 1.54) is 0 Å². The molecular formula is C13H17NO2S. The van der Waals surface area contributed by atoms with Gasteiger partial charge in [0.1, 0.15) is 0 Å². The van der Waals surface area contributed by atoms with Crippen LogP contribution in [0.4, 0.5) is 5.69 Å². The maximum atomic E-state index is 11.6. The van der Waals surface area contributed by atoms with E-state index in [0.29, 0.717) is 6.54 Å². The van der Waals surface area contributed by atoms with Crippen LogP contribution in [-0.2, 0) is 9.84 Å². The van der Waals surface area contributed by atoms with E-state index in [9.17, 15) is 8.42 Å². The maximum absolute atomic E-state index is 11.6. The van der Waals surface area contributed by atoms with Gasteiger partial charge >= 0.3 is 0 Å². The Balaban J connectivity index is 2.55. The van der Waals surface area contributed by atoms with Crippen molar-refractivity contribution in [3.8, 4) is 12.3 Å². The topological polar surface area (TPSA) is 46.2 Å². The largest absolute Gasteiger partial charge is 0.384 e. The molecule has 92 valence electrons. The molecule has 0 unspecified atom stereocenters. The predicted molar refractivity (Wildman–Crippen MR) is 71.8 cm³/mol. The fourth-order valence-electron chi connectivity index (χ4n) is 1.29. The van der Waals surface area contributed by atoms with E-state index < -0.39 is 9.84 Å². The molecule has 1 aromatic rings. The van der Waals surface area contributed by atoms with Crippen LogP contribution < -0.4 is 5.32 Å². The zero-order chi connectivity index (χ0) is 12.9. The summed E-state index contributed by atoms with van der Waals surface area (Å²) in [5.74, 6) is 2.66. The molecule has 0 saturated heterocycles. The van der Waals surface area contributed by atoms with E-state index >= 15 is 0 Å². The molecule has 0 spiro atoms. The molecule has 1 N–H and O–H groups in total. The van der Waals surface area contributed by atoms with Crippen LogP contribution in [0.1, 0.15) is 19.4 Å². The quantitative estimate of drug-likeness (QED) is 0.813. The highest BCUT2D eigenvalue weighted by atomic mass is 32.2. The van der Waals surface area contributed by atoms with Gasteiger partial charge in [-0.3, -0.25) is 0 Å². The van der Waals surface area contributed by atoms with E-state index in [1.807, 2.05) is 24.3 Å². The second-order valence-electron chi connectivity index (χ2n) is 4.07. The molecule has 0 heterocycles. The Kier molecular flexibility index (Phi) is 4.59. The third-order valence-electron chi connectivity index (χ3n) is 2.46. The standard InChI is InChI=1S/C13H17NO2S/c1-4-12-6-5-7-13(10-12)14-8-9-17(15,16)11(2)3/h1,5-7,10-11,14H,8-9H2,2-3H3. The summed E-state index contributed by atoms with van der Waals surface area (Å²) in [5.41, 5.74) is 1.63. The molecular weight excluding hydrogens is 234 g/mol. The van der Waals surface area contributed by atoms with E-state index in [1.54, 1.807) is 13.8 Å². The summed E-state index contributed by atoms with van der Waals surface area (Å²) in [4.78, 5) is 0. The fraction of sp³-hybridized carbons (Fsp3) is 0.385. The second-order valence-corrected chi connectivity index (χ2v) is 6.74. The van der Waals surface area contributed by atoms with Gasteiger partial charge in [0.15, 0.2) is 9.84 Å². The molecule has 0 bridgehead atoms. The Hall–Kier alpha value is -1.47. The zero-order valence-corrected chi connectivity index (χ0v) is 10.9. The molecule has 0 aromatic heterocycles. The number of benzene rings is 1. The molecule has 0 saturated carbocycles. The molecule has 1 rings (SSSR count). The van der Waals surface area contributed by atoms with Crippen molar-refractivity contribution in [1.29, 1.82) is 0 Å². The lowest BCUT2D eigenvalue weighted by atomic mass is 10.2. The number of anilines is 1. The highest BCUT2D eigenvalue weighted by molar-refractivity contribution is 7.92. The average Bonchev–Trinajstić information content (AvgIpc) is 2.29. The molecule has 0 fully saturated rings. The molecule has 4 heteroatoms. The third-order valence-corrected chi connectivity index (χ3v) is 4.67. The molecule has 0 atom stereocenters. The van der Waals surface area contributed by atoms with Crippen molar-refractivity contribution in [2.45, 2.75) is 19.1 Å². The molecule has 3 nitrogen and oxygen atoms in total. The molecule has 1 aromatic carbocycles. The van der Waals surface area contributed by atoms with Crippen molar-refractivity contribution in [3.05, 3.63) is 29.8 Å². The number of nitrogens with one attached hydrogen (secondary N) is 1. The van der Waals surface area contributed by atoms with Gasteiger partial charge in [0.25, 0.3) is 0 Å². The van der Waals surface area contributed by atoms with Crippen LogP contribution in [0.3, 0.4) is 0 Å². The fourth-order valence-corrected chi connectivity index (χ4v) is 2.15. The first kappa shape index (κ1) is 13.6. The molecule has 0 aliphatic rings. The summed E-state index contributed by atoms with van der Waals surface area (Å²) in [6, 6.07) is 7.36. The van der Waals surface area contributed by atoms with Gasteiger partial charge in [0, 0.05) is 17.8 Å². The molecule has 17 heavy (non-hydrogen) atoms. The van der Waals surface area contributed by atoms with Crippen LogP contribution >= 0.6 is 0 Å². The van der Waals surface area contributed by atoms with Gasteiger partial charge in [-0.25, -0.2) is 8.42 Å². The molecule has 0 amide bonds. The molecule has 0 radical (unpaired) electrons. The Bertz CT molecular complexity index is 512. The van der Waals surface area contributed by atoms with Crippen molar-refractivity contribution >= 4 is 15.5 Å². The highest BCUT2D eigenvalue weighted by Gasteiger charge is 2.14. The summed E-state index contributed by atoms with van der Waals surface area (Å²) < 4.78 is 23.1. The Morgan fingerprint density at radius 3 is 2.71 bits per heavy atom. The zero-order valence-electron chi connectivity index (χ0n) is 10.1. The smallest absolute Gasteiger partial charge is 0.154 e. The summed E-state index contributed by atoms with van der Waals surface area (Å²) >= 11 is 0. The van der Waals surface area contributed by atoms with Gasteiger partial charge in [0.05, 0.1) is 11.0 Å².